The molecule has 0 aromatic carbocycles. The van der Waals surface area contributed by atoms with Gasteiger partial charge in [-0.25, -0.2) is 0 Å². The average molecular weight is 928 g/mol. The predicted octanol–water partition coefficient (Wildman–Crippen LogP) is 14.0. The van der Waals surface area contributed by atoms with Crippen LogP contribution in [0.1, 0.15) is 226 Å². The monoisotopic (exact) mass is 928 g/mol. The Hall–Kier alpha value is -3.01. The Morgan fingerprint density at radius 3 is 1.23 bits per heavy atom. The lowest BCUT2D eigenvalue weighted by Crippen LogP contribution is -2.44. The summed E-state index contributed by atoms with van der Waals surface area (Å²) in [6.07, 6.45) is 57.4. The van der Waals surface area contributed by atoms with Crippen molar-refractivity contribution in [2.75, 3.05) is 47.5 Å². The summed E-state index contributed by atoms with van der Waals surface area (Å²) in [5, 5.41) is 11.7. The number of likely N-dealkylation sites (N-methyl/N-ethyl adjacent to an activating group) is 1. The number of carbonyl (C=O) groups is 3. The first-order chi connectivity index (χ1) is 32.1. The van der Waals surface area contributed by atoms with E-state index in [4.69, 9.17) is 18.9 Å². The van der Waals surface area contributed by atoms with Crippen molar-refractivity contribution in [3.63, 3.8) is 0 Å². The molecule has 0 radical (unpaired) electrons. The number of nitrogens with zero attached hydrogens (tertiary/aromatic N) is 1. The number of aliphatic carboxylic acids is 1. The molecule has 2 atom stereocenters. The number of hydrogen-bond donors (Lipinski definition) is 0. The number of ether oxygens (including phenoxy) is 4. The van der Waals surface area contributed by atoms with Gasteiger partial charge in [0.2, 0.25) is 0 Å². The molecule has 0 aliphatic carbocycles. The van der Waals surface area contributed by atoms with Crippen LogP contribution in [0.25, 0.3) is 0 Å². The number of unbranched alkanes of at least 4 members (excludes halogenated alkanes) is 25. The summed E-state index contributed by atoms with van der Waals surface area (Å²) in [6.45, 7) is 4.53. The minimum atomic E-state index is -1.65. The first kappa shape index (κ1) is 63.0. The average Bonchev–Trinajstić information content (AvgIpc) is 3.28. The van der Waals surface area contributed by atoms with E-state index in [9.17, 15) is 19.5 Å². The molecule has 0 bridgehead atoms. The first-order valence-electron chi connectivity index (χ1n) is 26.9. The topological polar surface area (TPSA) is 111 Å². The lowest BCUT2D eigenvalue weighted by Gasteiger charge is -2.26. The van der Waals surface area contributed by atoms with Gasteiger partial charge in [0.1, 0.15) is 13.2 Å². The van der Waals surface area contributed by atoms with Gasteiger partial charge in [0.15, 0.2) is 12.4 Å². The molecule has 0 fully saturated rings. The fourth-order valence-corrected chi connectivity index (χ4v) is 7.44. The molecular formula is C57H101NO8. The minimum absolute atomic E-state index is 0.0153. The van der Waals surface area contributed by atoms with Crippen molar-refractivity contribution in [1.82, 2.24) is 0 Å². The zero-order valence-electron chi connectivity index (χ0n) is 43.3. The summed E-state index contributed by atoms with van der Waals surface area (Å²) in [5.74, 6) is -2.45. The second-order valence-corrected chi connectivity index (χ2v) is 19.2. The molecule has 0 saturated carbocycles. The van der Waals surface area contributed by atoms with Gasteiger partial charge in [-0.15, -0.1) is 0 Å². The van der Waals surface area contributed by atoms with Gasteiger partial charge in [-0.05, 0) is 38.5 Å². The second kappa shape index (κ2) is 48.4. The van der Waals surface area contributed by atoms with E-state index >= 15 is 0 Å². The summed E-state index contributed by atoms with van der Waals surface area (Å²) in [5.41, 5.74) is 0. The Morgan fingerprint density at radius 2 is 0.848 bits per heavy atom. The number of carboxylic acids is 1. The number of hydrogen-bond acceptors (Lipinski definition) is 8. The zero-order valence-corrected chi connectivity index (χ0v) is 43.3. The molecule has 0 spiro atoms. The van der Waals surface area contributed by atoms with Crippen molar-refractivity contribution in [2.24, 2.45) is 0 Å². The van der Waals surface area contributed by atoms with Gasteiger partial charge < -0.3 is 33.3 Å². The van der Waals surface area contributed by atoms with E-state index in [0.717, 1.165) is 44.9 Å². The highest BCUT2D eigenvalue weighted by Crippen LogP contribution is 2.17. The maximum Gasteiger partial charge on any atom is 0.310 e. The molecule has 0 aromatic rings. The smallest absolute Gasteiger partial charge is 0.310 e. The molecular weight excluding hydrogens is 827 g/mol. The third-order valence-corrected chi connectivity index (χ3v) is 11.6. The maximum atomic E-state index is 12.7. The van der Waals surface area contributed by atoms with Gasteiger partial charge in [0.05, 0.1) is 46.7 Å². The second-order valence-electron chi connectivity index (χ2n) is 19.2. The van der Waals surface area contributed by atoms with Crippen LogP contribution in [0.4, 0.5) is 0 Å². The number of carboxylic acid groups (broad SMARTS) is 1. The molecule has 0 rings (SSSR count). The van der Waals surface area contributed by atoms with Crippen LogP contribution in [-0.4, -0.2) is 82.3 Å². The third-order valence-electron chi connectivity index (χ3n) is 11.6. The third kappa shape index (κ3) is 48.9. The number of rotatable bonds is 49. The highest BCUT2D eigenvalue weighted by molar-refractivity contribution is 5.71. The zero-order chi connectivity index (χ0) is 48.4. The van der Waals surface area contributed by atoms with Crippen LogP contribution in [0, 0.1) is 0 Å². The predicted molar refractivity (Wildman–Crippen MR) is 274 cm³/mol. The van der Waals surface area contributed by atoms with Gasteiger partial charge in [-0.2, -0.15) is 0 Å². The summed E-state index contributed by atoms with van der Waals surface area (Å²) >= 11 is 0. The van der Waals surface area contributed by atoms with Crippen LogP contribution in [-0.2, 0) is 33.3 Å². The van der Waals surface area contributed by atoms with E-state index in [1.165, 1.54) is 148 Å². The van der Waals surface area contributed by atoms with E-state index in [1.807, 2.05) is 33.3 Å². The van der Waals surface area contributed by atoms with Gasteiger partial charge in [-0.1, -0.05) is 235 Å². The van der Waals surface area contributed by atoms with Gasteiger partial charge in [-0.3, -0.25) is 9.59 Å². The lowest BCUT2D eigenvalue weighted by atomic mass is 10.0. The van der Waals surface area contributed by atoms with Crippen molar-refractivity contribution in [1.29, 1.82) is 0 Å². The Kier molecular flexibility index (Phi) is 46.2. The Morgan fingerprint density at radius 1 is 0.470 bits per heavy atom. The van der Waals surface area contributed by atoms with Crippen LogP contribution in [0.5, 0.6) is 0 Å². The number of allylic oxidation sites excluding steroid dienone is 9. The van der Waals surface area contributed by atoms with E-state index in [0.29, 0.717) is 17.4 Å². The quantitative estimate of drug-likeness (QED) is 0.0195. The number of esters is 2. The molecule has 0 amide bonds. The van der Waals surface area contributed by atoms with Crippen LogP contribution >= 0.6 is 0 Å². The molecule has 9 heteroatoms. The largest absolute Gasteiger partial charge is 0.545 e. The van der Waals surface area contributed by atoms with Crippen molar-refractivity contribution < 1.29 is 42.9 Å². The Bertz CT molecular complexity index is 1270. The van der Waals surface area contributed by atoms with Gasteiger partial charge >= 0.3 is 11.9 Å². The summed E-state index contributed by atoms with van der Waals surface area (Å²) in [7, 11) is 5.89. The van der Waals surface area contributed by atoms with Crippen LogP contribution < -0.4 is 5.11 Å². The molecule has 66 heavy (non-hydrogen) atoms. The van der Waals surface area contributed by atoms with E-state index in [2.05, 4.69) is 56.4 Å². The molecule has 9 nitrogen and oxygen atoms in total. The molecule has 0 aromatic heterocycles. The molecule has 0 aliphatic rings. The molecule has 0 N–H and O–H groups in total. The summed E-state index contributed by atoms with van der Waals surface area (Å²) in [4.78, 5) is 37.1. The van der Waals surface area contributed by atoms with Crippen molar-refractivity contribution in [2.45, 2.75) is 238 Å². The van der Waals surface area contributed by atoms with Gasteiger partial charge in [0.25, 0.3) is 0 Å². The van der Waals surface area contributed by atoms with E-state index < -0.39 is 24.3 Å². The molecule has 0 heterocycles. The fraction of sp³-hybridized carbons (Fsp3) is 0.772. The van der Waals surface area contributed by atoms with E-state index in [-0.39, 0.29) is 38.6 Å². The molecule has 0 saturated heterocycles. The molecule has 2 unspecified atom stereocenters. The highest BCUT2D eigenvalue weighted by Gasteiger charge is 2.21. The minimum Gasteiger partial charge on any atom is -0.545 e. The standard InChI is InChI=1S/C57H101NO8/c1-6-8-10-12-14-16-18-20-22-23-24-25-26-27-28-29-30-31-32-34-35-37-39-41-43-45-47-54(59)64-51-53(52-65-57(56(61)62)63-50-49-58(3,4)5)66-55(60)48-46-44-42-40-38-36-33-21-19-17-15-13-11-9-7-2/h9,11,15,17,21,33,38,40,44,46,53,57H,6-8,10,12-14,16,18-20,22-32,34-37,39,41-43,45,47-52H2,1-5H3/b11-9-,17-15-,33-21-,40-38-,46-44-. The molecule has 0 aliphatic heterocycles. The lowest BCUT2D eigenvalue weighted by molar-refractivity contribution is -0.870. The first-order valence-corrected chi connectivity index (χ1v) is 26.9. The summed E-state index contributed by atoms with van der Waals surface area (Å²) < 4.78 is 22.5. The van der Waals surface area contributed by atoms with Crippen molar-refractivity contribution in [3.8, 4) is 0 Å². The highest BCUT2D eigenvalue weighted by atomic mass is 16.7. The molecule has 382 valence electrons. The fourth-order valence-electron chi connectivity index (χ4n) is 7.44. The van der Waals surface area contributed by atoms with Crippen LogP contribution in [0.15, 0.2) is 60.8 Å². The van der Waals surface area contributed by atoms with Gasteiger partial charge in [0, 0.05) is 6.42 Å². The van der Waals surface area contributed by atoms with Crippen molar-refractivity contribution in [3.05, 3.63) is 60.8 Å². The van der Waals surface area contributed by atoms with Crippen molar-refractivity contribution >= 4 is 17.9 Å². The van der Waals surface area contributed by atoms with Crippen LogP contribution in [0.3, 0.4) is 0 Å². The maximum absolute atomic E-state index is 12.7. The summed E-state index contributed by atoms with van der Waals surface area (Å²) in [6, 6.07) is 0. The van der Waals surface area contributed by atoms with E-state index in [1.54, 1.807) is 6.08 Å². The number of quaternary nitrogens is 1. The Balaban J connectivity index is 4.26. The SMILES string of the molecule is CC/C=C\C/C=C\C/C=C\C/C=C\C/C=C\CC(=O)OC(COC(=O)CCCCCCCCCCCCCCCCCCCCCCCCCCCC)COC(OCC[N+](C)(C)C)C(=O)[O-]. The van der Waals surface area contributed by atoms with Crippen LogP contribution in [0.2, 0.25) is 0 Å². The Labute approximate surface area is 405 Å². The normalized spacial score (nSPS) is 13.3. The number of carbonyl (C=O) groups excluding carboxylic acids is 3.